The van der Waals surface area contributed by atoms with E-state index >= 15 is 0 Å². The Hall–Kier alpha value is -0.630. The van der Waals surface area contributed by atoms with Gasteiger partial charge in [0.25, 0.3) is 0 Å². The first kappa shape index (κ1) is 12.4. The lowest BCUT2D eigenvalue weighted by Gasteiger charge is -2.09. The molecule has 0 radical (unpaired) electrons. The van der Waals surface area contributed by atoms with Gasteiger partial charge in [-0.3, -0.25) is 0 Å². The number of nitrogens with two attached hydrogens (primary N) is 2. The molecule has 0 aromatic carbocycles. The minimum atomic E-state index is -1.21. The minimum Gasteiger partial charge on any atom is -0.394 e. The molecule has 13 heavy (non-hydrogen) atoms. The van der Waals surface area contributed by atoms with Gasteiger partial charge in [-0.1, -0.05) is 0 Å². The van der Waals surface area contributed by atoms with Crippen LogP contribution >= 0.6 is 12.6 Å². The van der Waals surface area contributed by atoms with Crippen molar-refractivity contribution in [3.8, 4) is 0 Å². The number of ether oxygens (including phenoxy) is 1. The summed E-state index contributed by atoms with van der Waals surface area (Å²) in [6.45, 7) is -0.581. The molecule has 0 aromatic heterocycles. The zero-order valence-corrected chi connectivity index (χ0v) is 7.74. The summed E-state index contributed by atoms with van der Waals surface area (Å²) >= 11 is 3.73. The van der Waals surface area contributed by atoms with Crippen LogP contribution in [0.15, 0.2) is 0 Å². The molecule has 6 nitrogen and oxygen atoms in total. The van der Waals surface area contributed by atoms with Crippen LogP contribution in [0.3, 0.4) is 0 Å². The summed E-state index contributed by atoms with van der Waals surface area (Å²) in [5, 5.41) is 8.43. The number of aliphatic hydroxyl groups is 1. The Morgan fingerprint density at radius 1 is 1.31 bits per heavy atom. The van der Waals surface area contributed by atoms with E-state index in [1.165, 1.54) is 0 Å². The Morgan fingerprint density at radius 2 is 1.77 bits per heavy atom. The highest BCUT2D eigenvalue weighted by molar-refractivity contribution is 7.80. The van der Waals surface area contributed by atoms with Crippen molar-refractivity contribution in [2.24, 2.45) is 11.5 Å². The van der Waals surface area contributed by atoms with Crippen LogP contribution in [0.2, 0.25) is 0 Å². The minimum absolute atomic E-state index is 0.0699. The second kappa shape index (κ2) is 5.92. The number of rotatable bonds is 4. The van der Waals surface area contributed by atoms with Gasteiger partial charge in [-0.15, -0.1) is 0 Å². The summed E-state index contributed by atoms with van der Waals surface area (Å²) < 4.78 is 4.22. The van der Waals surface area contributed by atoms with Crippen LogP contribution in [-0.4, -0.2) is 41.5 Å². The van der Waals surface area contributed by atoms with E-state index in [0.717, 1.165) is 0 Å². The van der Waals surface area contributed by atoms with Gasteiger partial charge in [-0.05, 0) is 0 Å². The molecule has 0 rings (SSSR count). The molecule has 0 saturated heterocycles. The number of hydrogen-bond acceptors (Lipinski definition) is 7. The van der Waals surface area contributed by atoms with E-state index < -0.39 is 30.6 Å². The van der Waals surface area contributed by atoms with Crippen molar-refractivity contribution in [1.82, 2.24) is 0 Å². The molecule has 0 aliphatic rings. The van der Waals surface area contributed by atoms with Crippen molar-refractivity contribution in [3.63, 3.8) is 0 Å². The second-order valence-electron chi connectivity index (χ2n) is 2.32. The second-order valence-corrected chi connectivity index (χ2v) is 2.68. The molecule has 0 heterocycles. The fourth-order valence-corrected chi connectivity index (χ4v) is 0.549. The predicted octanol–water partition coefficient (Wildman–Crippen LogP) is -2.37. The topological polar surface area (TPSA) is 116 Å². The number of thiol groups is 1. The molecule has 76 valence electrons. The fraction of sp³-hybridized carbons (Fsp3) is 0.667. The Balaban J connectivity index is 3.99. The Kier molecular flexibility index (Phi) is 5.63. The molecule has 0 fully saturated rings. The quantitative estimate of drug-likeness (QED) is 0.233. The standard InChI is InChI=1S/C6H12N2O4S/c7-3(1-9)5(10)12-6(11)4(8)2-13/h3-4,9,13H,1-2,7-8H2/t3-,4-/m0/s1. The molecule has 0 spiro atoms. The largest absolute Gasteiger partial charge is 0.394 e. The smallest absolute Gasteiger partial charge is 0.332 e. The monoisotopic (exact) mass is 208 g/mol. The van der Waals surface area contributed by atoms with E-state index in [1.807, 2.05) is 0 Å². The van der Waals surface area contributed by atoms with Crippen molar-refractivity contribution in [2.75, 3.05) is 12.4 Å². The molecule has 0 saturated carbocycles. The molecule has 0 aliphatic carbocycles. The molecule has 5 N–H and O–H groups in total. The maximum absolute atomic E-state index is 10.9. The third-order valence-corrected chi connectivity index (χ3v) is 1.59. The van der Waals surface area contributed by atoms with Gasteiger partial charge in [-0.25, -0.2) is 9.59 Å². The van der Waals surface area contributed by atoms with Gasteiger partial charge in [0.2, 0.25) is 0 Å². The van der Waals surface area contributed by atoms with E-state index in [-0.39, 0.29) is 5.75 Å². The number of esters is 2. The van der Waals surface area contributed by atoms with E-state index in [4.69, 9.17) is 16.6 Å². The highest BCUT2D eigenvalue weighted by Gasteiger charge is 2.21. The molecule has 0 amide bonds. The van der Waals surface area contributed by atoms with Gasteiger partial charge < -0.3 is 21.3 Å². The van der Waals surface area contributed by atoms with Crippen molar-refractivity contribution < 1.29 is 19.4 Å². The highest BCUT2D eigenvalue weighted by atomic mass is 32.1. The summed E-state index contributed by atoms with van der Waals surface area (Å²) in [5.74, 6) is -1.82. The van der Waals surface area contributed by atoms with Crippen molar-refractivity contribution in [1.29, 1.82) is 0 Å². The van der Waals surface area contributed by atoms with E-state index in [0.29, 0.717) is 0 Å². The highest BCUT2D eigenvalue weighted by Crippen LogP contribution is 1.91. The molecule has 0 aliphatic heterocycles. The summed E-state index contributed by atoms with van der Waals surface area (Å²) in [5.41, 5.74) is 10.3. The zero-order valence-electron chi connectivity index (χ0n) is 6.84. The SMILES string of the molecule is N[C@@H](CO)C(=O)OC(=O)[C@@H](N)CS. The first-order valence-electron chi connectivity index (χ1n) is 3.51. The van der Waals surface area contributed by atoms with Crippen LogP contribution in [0.5, 0.6) is 0 Å². The van der Waals surface area contributed by atoms with Crippen LogP contribution < -0.4 is 11.5 Å². The lowest BCUT2D eigenvalue weighted by Crippen LogP contribution is -2.41. The number of hydrogen-bond donors (Lipinski definition) is 4. The van der Waals surface area contributed by atoms with E-state index in [1.54, 1.807) is 0 Å². The van der Waals surface area contributed by atoms with Gasteiger partial charge in [0.05, 0.1) is 6.61 Å². The summed E-state index contributed by atoms with van der Waals surface area (Å²) in [6.07, 6.45) is 0. The lowest BCUT2D eigenvalue weighted by atomic mass is 10.3. The van der Waals surface area contributed by atoms with Crippen LogP contribution in [-0.2, 0) is 14.3 Å². The normalized spacial score (nSPS) is 14.8. The first-order valence-corrected chi connectivity index (χ1v) is 4.14. The molecule has 0 bridgehead atoms. The van der Waals surface area contributed by atoms with Crippen molar-refractivity contribution in [3.05, 3.63) is 0 Å². The van der Waals surface area contributed by atoms with Gasteiger partial charge in [0, 0.05) is 5.75 Å². The van der Waals surface area contributed by atoms with Crippen LogP contribution in [0, 0.1) is 0 Å². The molecule has 2 atom stereocenters. The maximum atomic E-state index is 10.9. The molecular formula is C6H12N2O4S. The van der Waals surface area contributed by atoms with E-state index in [9.17, 15) is 9.59 Å². The van der Waals surface area contributed by atoms with Crippen molar-refractivity contribution >= 4 is 24.6 Å². The van der Waals surface area contributed by atoms with Crippen LogP contribution in [0.4, 0.5) is 0 Å². The average molecular weight is 208 g/mol. The van der Waals surface area contributed by atoms with Gasteiger partial charge >= 0.3 is 11.9 Å². The van der Waals surface area contributed by atoms with Gasteiger partial charge in [-0.2, -0.15) is 12.6 Å². The first-order chi connectivity index (χ1) is 6.02. The Labute approximate surface area is 80.6 Å². The summed E-state index contributed by atoms with van der Waals surface area (Å²) in [6, 6.07) is -2.17. The number of aliphatic hydroxyl groups excluding tert-OH is 1. The maximum Gasteiger partial charge on any atom is 0.332 e. The lowest BCUT2D eigenvalue weighted by molar-refractivity contribution is -0.161. The van der Waals surface area contributed by atoms with Gasteiger partial charge in [0.1, 0.15) is 12.1 Å². The van der Waals surface area contributed by atoms with Gasteiger partial charge in [0.15, 0.2) is 0 Å². The Bertz CT molecular complexity index is 179. The van der Waals surface area contributed by atoms with Crippen molar-refractivity contribution in [2.45, 2.75) is 12.1 Å². The van der Waals surface area contributed by atoms with Crippen LogP contribution in [0.1, 0.15) is 0 Å². The molecule has 0 aromatic rings. The molecule has 7 heteroatoms. The summed E-state index contributed by atoms with van der Waals surface area (Å²) in [7, 11) is 0. The Morgan fingerprint density at radius 3 is 2.15 bits per heavy atom. The van der Waals surface area contributed by atoms with E-state index in [2.05, 4.69) is 17.4 Å². The predicted molar refractivity (Wildman–Crippen MR) is 48.0 cm³/mol. The molecule has 0 unspecified atom stereocenters. The molecular weight excluding hydrogens is 196 g/mol. The fourth-order valence-electron chi connectivity index (χ4n) is 0.400. The third-order valence-electron chi connectivity index (χ3n) is 1.20. The summed E-state index contributed by atoms with van der Waals surface area (Å²) in [4.78, 5) is 21.6. The zero-order chi connectivity index (χ0) is 10.4. The third kappa shape index (κ3) is 4.23. The number of carbonyl (C=O) groups is 2. The number of carbonyl (C=O) groups excluding carboxylic acids is 2. The average Bonchev–Trinajstić information content (AvgIpc) is 2.14. The van der Waals surface area contributed by atoms with Crippen LogP contribution in [0.25, 0.3) is 0 Å².